The number of nitrogens with zero attached hydrogens (tertiary/aromatic N) is 5. The van der Waals surface area contributed by atoms with Gasteiger partial charge in [-0.25, -0.2) is 28.2 Å². The van der Waals surface area contributed by atoms with Gasteiger partial charge < -0.3 is 14.9 Å². The van der Waals surface area contributed by atoms with E-state index in [0.29, 0.717) is 48.8 Å². The number of aromatic carboxylic acids is 1. The quantitative estimate of drug-likeness (QED) is 0.407. The van der Waals surface area contributed by atoms with E-state index in [1.54, 1.807) is 42.7 Å². The van der Waals surface area contributed by atoms with Crippen LogP contribution in [-0.2, 0) is 10.0 Å². The lowest BCUT2D eigenvalue weighted by molar-refractivity contribution is 0.0699. The van der Waals surface area contributed by atoms with Gasteiger partial charge in [-0.1, -0.05) is 17.7 Å². The molecule has 0 bridgehead atoms. The number of fused-ring (bicyclic) bond motifs is 1. The Morgan fingerprint density at radius 1 is 0.944 bits per heavy atom. The SMILES string of the molecule is Cc1ccc(S(=O)(=O)Nc2ccc3nc(N4CCN(c5ncccn5)CC4)cc(C(=O)O)c3c2)cc1. The Labute approximate surface area is 208 Å². The molecule has 2 N–H and O–H groups in total. The zero-order chi connectivity index (χ0) is 25.3. The first-order valence-corrected chi connectivity index (χ1v) is 12.8. The minimum atomic E-state index is -3.83. The van der Waals surface area contributed by atoms with Gasteiger partial charge in [0.25, 0.3) is 10.0 Å². The number of aryl methyl sites for hydroxylation is 1. The summed E-state index contributed by atoms with van der Waals surface area (Å²) in [4.78, 5) is 29.6. The lowest BCUT2D eigenvalue weighted by Crippen LogP contribution is -2.47. The Kier molecular flexibility index (Phi) is 6.15. The largest absolute Gasteiger partial charge is 0.478 e. The molecule has 1 saturated heterocycles. The number of carboxylic acids is 1. The minimum Gasteiger partial charge on any atom is -0.478 e. The van der Waals surface area contributed by atoms with Gasteiger partial charge in [0.05, 0.1) is 16.0 Å². The van der Waals surface area contributed by atoms with E-state index >= 15 is 0 Å². The van der Waals surface area contributed by atoms with Gasteiger partial charge in [-0.3, -0.25) is 4.72 Å². The van der Waals surface area contributed by atoms with Gasteiger partial charge in [-0.15, -0.1) is 0 Å². The molecule has 2 aromatic carbocycles. The predicted octanol–water partition coefficient (Wildman–Crippen LogP) is 3.16. The molecule has 2 aromatic heterocycles. The number of aromatic nitrogens is 3. The Hall–Kier alpha value is -4.25. The fourth-order valence-electron chi connectivity index (χ4n) is 4.14. The first kappa shape index (κ1) is 23.5. The standard InChI is InChI=1S/C25H24N6O4S/c1-17-3-6-19(7-4-17)36(34,35)29-18-5-8-22-20(15-18)21(24(32)33)16-23(28-22)30-11-13-31(14-12-30)25-26-9-2-10-27-25/h2-10,15-16,29H,11-14H2,1H3,(H,32,33). The molecule has 184 valence electrons. The summed E-state index contributed by atoms with van der Waals surface area (Å²) >= 11 is 0. The Bertz CT molecular complexity index is 1520. The summed E-state index contributed by atoms with van der Waals surface area (Å²) in [7, 11) is -3.83. The summed E-state index contributed by atoms with van der Waals surface area (Å²) in [6.07, 6.45) is 3.40. The van der Waals surface area contributed by atoms with Crippen molar-refractivity contribution in [1.82, 2.24) is 15.0 Å². The number of pyridine rings is 1. The molecule has 0 radical (unpaired) electrons. The van der Waals surface area contributed by atoms with E-state index in [-0.39, 0.29) is 16.1 Å². The van der Waals surface area contributed by atoms with Crippen molar-refractivity contribution in [1.29, 1.82) is 0 Å². The summed E-state index contributed by atoms with van der Waals surface area (Å²) < 4.78 is 28.1. The van der Waals surface area contributed by atoms with Crippen molar-refractivity contribution in [3.8, 4) is 0 Å². The molecule has 1 fully saturated rings. The second-order valence-electron chi connectivity index (χ2n) is 8.51. The second kappa shape index (κ2) is 9.42. The van der Waals surface area contributed by atoms with E-state index in [1.165, 1.54) is 24.3 Å². The molecule has 10 nitrogen and oxygen atoms in total. The van der Waals surface area contributed by atoms with E-state index in [4.69, 9.17) is 0 Å². The molecule has 36 heavy (non-hydrogen) atoms. The maximum Gasteiger partial charge on any atom is 0.336 e. The number of hydrogen-bond acceptors (Lipinski definition) is 8. The van der Waals surface area contributed by atoms with Crippen LogP contribution in [0.2, 0.25) is 0 Å². The molecule has 5 rings (SSSR count). The summed E-state index contributed by atoms with van der Waals surface area (Å²) in [5.41, 5.74) is 1.73. The molecule has 0 saturated carbocycles. The van der Waals surface area contributed by atoms with Crippen LogP contribution >= 0.6 is 0 Å². The van der Waals surface area contributed by atoms with Crippen molar-refractivity contribution in [2.24, 2.45) is 0 Å². The number of benzene rings is 2. The Morgan fingerprint density at radius 3 is 2.28 bits per heavy atom. The van der Waals surface area contributed by atoms with Crippen molar-refractivity contribution >= 4 is 44.3 Å². The molecule has 1 aliphatic heterocycles. The van der Waals surface area contributed by atoms with Crippen LogP contribution in [0.4, 0.5) is 17.5 Å². The number of nitrogens with one attached hydrogen (secondary N) is 1. The monoisotopic (exact) mass is 504 g/mol. The van der Waals surface area contributed by atoms with Crippen molar-refractivity contribution in [3.05, 3.63) is 78.1 Å². The smallest absolute Gasteiger partial charge is 0.336 e. The van der Waals surface area contributed by atoms with Gasteiger partial charge in [0, 0.05) is 49.6 Å². The topological polar surface area (TPSA) is 129 Å². The Morgan fingerprint density at radius 2 is 1.61 bits per heavy atom. The number of sulfonamides is 1. The average Bonchev–Trinajstić information content (AvgIpc) is 2.88. The van der Waals surface area contributed by atoms with E-state index in [0.717, 1.165) is 5.56 Å². The molecule has 3 heterocycles. The number of piperazine rings is 1. The predicted molar refractivity (Wildman–Crippen MR) is 137 cm³/mol. The van der Waals surface area contributed by atoms with Gasteiger partial charge in [0.2, 0.25) is 5.95 Å². The lowest BCUT2D eigenvalue weighted by Gasteiger charge is -2.35. The van der Waals surface area contributed by atoms with E-state index in [9.17, 15) is 18.3 Å². The molecular weight excluding hydrogens is 480 g/mol. The van der Waals surface area contributed by atoms with Crippen molar-refractivity contribution in [2.45, 2.75) is 11.8 Å². The highest BCUT2D eigenvalue weighted by molar-refractivity contribution is 7.92. The molecule has 1 aliphatic rings. The van der Waals surface area contributed by atoms with Gasteiger partial charge in [0.1, 0.15) is 5.82 Å². The van der Waals surface area contributed by atoms with Gasteiger partial charge >= 0.3 is 5.97 Å². The zero-order valence-electron chi connectivity index (χ0n) is 19.5. The maximum atomic E-state index is 12.8. The highest BCUT2D eigenvalue weighted by Gasteiger charge is 2.22. The van der Waals surface area contributed by atoms with Crippen LogP contribution in [-0.4, -0.2) is 60.6 Å². The summed E-state index contributed by atoms with van der Waals surface area (Å²) in [6.45, 7) is 4.48. The average molecular weight is 505 g/mol. The number of rotatable bonds is 6. The first-order chi connectivity index (χ1) is 17.3. The highest BCUT2D eigenvalue weighted by atomic mass is 32.2. The second-order valence-corrected chi connectivity index (χ2v) is 10.2. The number of anilines is 3. The molecule has 4 aromatic rings. The van der Waals surface area contributed by atoms with Crippen molar-refractivity contribution in [2.75, 3.05) is 40.7 Å². The maximum absolute atomic E-state index is 12.8. The van der Waals surface area contributed by atoms with Crippen LogP contribution in [0, 0.1) is 6.92 Å². The zero-order valence-corrected chi connectivity index (χ0v) is 20.3. The Balaban J connectivity index is 1.41. The molecule has 0 spiro atoms. The van der Waals surface area contributed by atoms with Crippen LogP contribution in [0.1, 0.15) is 15.9 Å². The fourth-order valence-corrected chi connectivity index (χ4v) is 5.19. The number of carbonyl (C=O) groups is 1. The molecule has 11 heteroatoms. The van der Waals surface area contributed by atoms with Crippen LogP contribution in [0.25, 0.3) is 10.9 Å². The molecular formula is C25H24N6O4S. The molecule has 0 aliphatic carbocycles. The van der Waals surface area contributed by atoms with Gasteiger partial charge in [-0.05, 0) is 49.4 Å². The van der Waals surface area contributed by atoms with Crippen molar-refractivity contribution < 1.29 is 18.3 Å². The highest BCUT2D eigenvalue weighted by Crippen LogP contribution is 2.28. The third kappa shape index (κ3) is 4.78. The minimum absolute atomic E-state index is 0.0557. The third-order valence-electron chi connectivity index (χ3n) is 6.05. The van der Waals surface area contributed by atoms with Crippen LogP contribution in [0.15, 0.2) is 71.9 Å². The van der Waals surface area contributed by atoms with Crippen LogP contribution < -0.4 is 14.5 Å². The third-order valence-corrected chi connectivity index (χ3v) is 7.44. The van der Waals surface area contributed by atoms with Gasteiger partial charge in [0.15, 0.2) is 0 Å². The lowest BCUT2D eigenvalue weighted by atomic mass is 10.1. The molecule has 0 unspecified atom stereocenters. The summed E-state index contributed by atoms with van der Waals surface area (Å²) in [5.74, 6) is 0.107. The number of hydrogen-bond donors (Lipinski definition) is 2. The normalized spacial score (nSPS) is 14.1. The molecule has 0 atom stereocenters. The van der Waals surface area contributed by atoms with Crippen molar-refractivity contribution in [3.63, 3.8) is 0 Å². The summed E-state index contributed by atoms with van der Waals surface area (Å²) in [6, 6.07) is 14.5. The summed E-state index contributed by atoms with van der Waals surface area (Å²) in [5, 5.41) is 10.3. The fraction of sp³-hybridized carbons (Fsp3) is 0.200. The van der Waals surface area contributed by atoms with Crippen LogP contribution in [0.3, 0.4) is 0 Å². The van der Waals surface area contributed by atoms with Gasteiger partial charge in [-0.2, -0.15) is 0 Å². The first-order valence-electron chi connectivity index (χ1n) is 11.3. The van der Waals surface area contributed by atoms with E-state index in [2.05, 4.69) is 24.6 Å². The van der Waals surface area contributed by atoms with E-state index in [1.807, 2.05) is 11.8 Å². The van der Waals surface area contributed by atoms with E-state index < -0.39 is 16.0 Å². The number of carboxylic acid groups (broad SMARTS) is 1. The van der Waals surface area contributed by atoms with Crippen LogP contribution in [0.5, 0.6) is 0 Å². The molecule has 0 amide bonds.